The fourth-order valence-electron chi connectivity index (χ4n) is 1.91. The monoisotopic (exact) mass is 236 g/mol. The van der Waals surface area contributed by atoms with Crippen LogP contribution in [0.2, 0.25) is 0 Å². The number of ether oxygens (including phenoxy) is 2. The predicted molar refractivity (Wildman–Crippen MR) is 63.3 cm³/mol. The van der Waals surface area contributed by atoms with Gasteiger partial charge in [-0.05, 0) is 26.3 Å². The second-order valence-electron chi connectivity index (χ2n) is 4.42. The van der Waals surface area contributed by atoms with Gasteiger partial charge in [-0.15, -0.1) is 0 Å². The van der Waals surface area contributed by atoms with Gasteiger partial charge in [-0.2, -0.15) is 0 Å². The van der Waals surface area contributed by atoms with Gasteiger partial charge in [0.2, 0.25) is 5.88 Å². The molecule has 0 unspecified atom stereocenters. The van der Waals surface area contributed by atoms with Gasteiger partial charge >= 0.3 is 6.09 Å². The number of carbonyl (C=O) groups is 1. The first kappa shape index (κ1) is 11.7. The number of rotatable bonds is 2. The highest BCUT2D eigenvalue weighted by Crippen LogP contribution is 2.40. The summed E-state index contributed by atoms with van der Waals surface area (Å²) in [6, 6.07) is 1.94. The highest BCUT2D eigenvalue weighted by atomic mass is 16.6. The Hall–Kier alpha value is -1.78. The minimum atomic E-state index is -0.669. The average molecular weight is 236 g/mol. The second-order valence-corrected chi connectivity index (χ2v) is 4.42. The molecule has 5 nitrogen and oxygen atoms in total. The van der Waals surface area contributed by atoms with E-state index in [1.807, 2.05) is 26.8 Å². The van der Waals surface area contributed by atoms with E-state index >= 15 is 0 Å². The van der Waals surface area contributed by atoms with Crippen LogP contribution in [-0.2, 0) is 16.8 Å². The summed E-state index contributed by atoms with van der Waals surface area (Å²) in [4.78, 5) is 15.8. The molecule has 2 rings (SSSR count). The van der Waals surface area contributed by atoms with Crippen LogP contribution < -0.4 is 10.1 Å². The molecule has 0 spiro atoms. The minimum Gasteiger partial charge on any atom is -0.479 e. The summed E-state index contributed by atoms with van der Waals surface area (Å²) < 4.78 is 10.5. The molecule has 1 aliphatic heterocycles. The van der Waals surface area contributed by atoms with Crippen molar-refractivity contribution >= 4 is 11.8 Å². The molecule has 5 heteroatoms. The number of aromatic nitrogens is 1. The van der Waals surface area contributed by atoms with Crippen LogP contribution in [0.1, 0.15) is 32.0 Å². The summed E-state index contributed by atoms with van der Waals surface area (Å²) in [5.41, 5.74) is 1.73. The van der Waals surface area contributed by atoms with Crippen LogP contribution in [0.5, 0.6) is 5.88 Å². The SMILES string of the molecule is CCc1cc2c(c(OC)n1)NC(=O)OC2(C)C. The first-order valence-corrected chi connectivity index (χ1v) is 5.56. The molecule has 1 aliphatic rings. The fraction of sp³-hybridized carbons (Fsp3) is 0.500. The second kappa shape index (κ2) is 3.91. The van der Waals surface area contributed by atoms with E-state index in [-0.39, 0.29) is 0 Å². The number of aryl methyl sites for hydroxylation is 1. The Balaban J connectivity index is 2.64. The lowest BCUT2D eigenvalue weighted by Gasteiger charge is -2.33. The van der Waals surface area contributed by atoms with Crippen molar-refractivity contribution in [3.8, 4) is 5.88 Å². The molecule has 0 bridgehead atoms. The number of hydrogen-bond donors (Lipinski definition) is 1. The molecule has 0 fully saturated rings. The highest BCUT2D eigenvalue weighted by Gasteiger charge is 2.36. The number of carbonyl (C=O) groups excluding carboxylic acids is 1. The molecule has 1 amide bonds. The number of nitrogens with zero attached hydrogens (tertiary/aromatic N) is 1. The van der Waals surface area contributed by atoms with Gasteiger partial charge in [0.1, 0.15) is 11.3 Å². The Morgan fingerprint density at radius 1 is 1.53 bits per heavy atom. The maximum atomic E-state index is 11.4. The molecule has 0 radical (unpaired) electrons. The lowest BCUT2D eigenvalue weighted by atomic mass is 9.94. The van der Waals surface area contributed by atoms with E-state index in [0.29, 0.717) is 11.6 Å². The third kappa shape index (κ3) is 1.92. The van der Waals surface area contributed by atoms with Gasteiger partial charge in [0.15, 0.2) is 0 Å². The maximum Gasteiger partial charge on any atom is 0.412 e. The van der Waals surface area contributed by atoms with Gasteiger partial charge < -0.3 is 9.47 Å². The lowest BCUT2D eigenvalue weighted by Crippen LogP contribution is -2.35. The molecule has 0 aliphatic carbocycles. The van der Waals surface area contributed by atoms with E-state index in [1.165, 1.54) is 7.11 Å². The Kier molecular flexibility index (Phi) is 2.69. The van der Waals surface area contributed by atoms with E-state index in [2.05, 4.69) is 10.3 Å². The molecule has 1 aromatic heterocycles. The molecule has 0 saturated carbocycles. The number of nitrogens with one attached hydrogen (secondary N) is 1. The van der Waals surface area contributed by atoms with Crippen molar-refractivity contribution in [3.05, 3.63) is 17.3 Å². The molecular weight excluding hydrogens is 220 g/mol. The third-order valence-electron chi connectivity index (χ3n) is 2.82. The van der Waals surface area contributed by atoms with Crippen LogP contribution in [0.25, 0.3) is 0 Å². The largest absolute Gasteiger partial charge is 0.479 e. The van der Waals surface area contributed by atoms with E-state index in [9.17, 15) is 4.79 Å². The number of fused-ring (bicyclic) bond motifs is 1. The third-order valence-corrected chi connectivity index (χ3v) is 2.82. The molecule has 92 valence electrons. The zero-order valence-corrected chi connectivity index (χ0v) is 10.5. The summed E-state index contributed by atoms with van der Waals surface area (Å²) in [7, 11) is 1.54. The molecular formula is C12H16N2O3. The van der Waals surface area contributed by atoms with Crippen molar-refractivity contribution in [3.63, 3.8) is 0 Å². The van der Waals surface area contributed by atoms with Crippen molar-refractivity contribution in [1.29, 1.82) is 0 Å². The summed E-state index contributed by atoms with van der Waals surface area (Å²) in [6.45, 7) is 5.72. The predicted octanol–water partition coefficient (Wildman–Crippen LogP) is 2.45. The molecule has 1 aromatic rings. The van der Waals surface area contributed by atoms with Gasteiger partial charge in [-0.1, -0.05) is 6.92 Å². The van der Waals surface area contributed by atoms with Crippen LogP contribution in [0.15, 0.2) is 6.07 Å². The Labute approximate surface area is 100 Å². The number of pyridine rings is 1. The van der Waals surface area contributed by atoms with E-state index in [1.54, 1.807) is 0 Å². The number of cyclic esters (lactones) is 1. The number of amides is 1. The zero-order chi connectivity index (χ0) is 12.6. The quantitative estimate of drug-likeness (QED) is 0.856. The van der Waals surface area contributed by atoms with Crippen molar-refractivity contribution in [2.24, 2.45) is 0 Å². The van der Waals surface area contributed by atoms with Crippen molar-refractivity contribution in [1.82, 2.24) is 4.98 Å². The molecule has 0 aromatic carbocycles. The molecule has 0 saturated heterocycles. The van der Waals surface area contributed by atoms with Crippen molar-refractivity contribution in [2.45, 2.75) is 32.8 Å². The Morgan fingerprint density at radius 3 is 2.82 bits per heavy atom. The van der Waals surface area contributed by atoms with Crippen LogP contribution >= 0.6 is 0 Å². The summed E-state index contributed by atoms with van der Waals surface area (Å²) >= 11 is 0. The number of methoxy groups -OCH3 is 1. The van der Waals surface area contributed by atoms with Crippen molar-refractivity contribution in [2.75, 3.05) is 12.4 Å². The summed E-state index contributed by atoms with van der Waals surface area (Å²) in [5, 5.41) is 2.64. The standard InChI is InChI=1S/C12H16N2O3/c1-5-7-6-8-9(10(13-7)16-4)14-11(15)17-12(8,2)3/h6H,5H2,1-4H3,(H,14,15). The highest BCUT2D eigenvalue weighted by molar-refractivity contribution is 5.90. The maximum absolute atomic E-state index is 11.4. The van der Waals surface area contributed by atoms with Crippen LogP contribution in [0, 0.1) is 0 Å². The fourth-order valence-corrected chi connectivity index (χ4v) is 1.91. The first-order chi connectivity index (χ1) is 7.97. The molecule has 0 atom stereocenters. The zero-order valence-electron chi connectivity index (χ0n) is 10.5. The topological polar surface area (TPSA) is 60.5 Å². The van der Waals surface area contributed by atoms with Gasteiger partial charge in [-0.25, -0.2) is 9.78 Å². The number of hydrogen-bond acceptors (Lipinski definition) is 4. The van der Waals surface area contributed by atoms with Gasteiger partial charge in [0, 0.05) is 11.3 Å². The summed E-state index contributed by atoms with van der Waals surface area (Å²) in [5.74, 6) is 0.434. The number of anilines is 1. The first-order valence-electron chi connectivity index (χ1n) is 5.56. The van der Waals surface area contributed by atoms with Crippen LogP contribution in [-0.4, -0.2) is 18.2 Å². The Bertz CT molecular complexity index is 469. The molecule has 2 heterocycles. The smallest absolute Gasteiger partial charge is 0.412 e. The average Bonchev–Trinajstić information content (AvgIpc) is 2.27. The minimum absolute atomic E-state index is 0.434. The van der Waals surface area contributed by atoms with Crippen LogP contribution in [0.4, 0.5) is 10.5 Å². The lowest BCUT2D eigenvalue weighted by molar-refractivity contribution is 0.0415. The van der Waals surface area contributed by atoms with Gasteiger partial charge in [0.05, 0.1) is 7.11 Å². The normalized spacial score (nSPS) is 16.8. The van der Waals surface area contributed by atoms with E-state index < -0.39 is 11.7 Å². The molecule has 1 N–H and O–H groups in total. The van der Waals surface area contributed by atoms with Gasteiger partial charge in [-0.3, -0.25) is 5.32 Å². The van der Waals surface area contributed by atoms with Crippen molar-refractivity contribution < 1.29 is 14.3 Å². The van der Waals surface area contributed by atoms with Crippen LogP contribution in [0.3, 0.4) is 0 Å². The van der Waals surface area contributed by atoms with E-state index in [4.69, 9.17) is 9.47 Å². The molecule has 17 heavy (non-hydrogen) atoms. The summed E-state index contributed by atoms with van der Waals surface area (Å²) in [6.07, 6.45) is 0.320. The Morgan fingerprint density at radius 2 is 2.24 bits per heavy atom. The van der Waals surface area contributed by atoms with Gasteiger partial charge in [0.25, 0.3) is 0 Å². The van der Waals surface area contributed by atoms with E-state index in [0.717, 1.165) is 17.7 Å².